The summed E-state index contributed by atoms with van der Waals surface area (Å²) in [4.78, 5) is 11.1. The molecule has 88 valence electrons. The number of anilines is 2. The Morgan fingerprint density at radius 1 is 1.12 bits per heavy atom. The quantitative estimate of drug-likeness (QED) is 0.905. The number of halogens is 4. The van der Waals surface area contributed by atoms with E-state index < -0.39 is 5.82 Å². The third kappa shape index (κ3) is 3.24. The predicted molar refractivity (Wildman–Crippen MR) is 67.2 cm³/mol. The lowest BCUT2D eigenvalue weighted by Gasteiger charge is -2.06. The van der Waals surface area contributed by atoms with E-state index in [-0.39, 0.29) is 22.2 Å². The molecular formula is C9H4BrCl2FN4. The monoisotopic (exact) mass is 336 g/mol. The Kier molecular flexibility index (Phi) is 3.76. The molecule has 4 nitrogen and oxygen atoms in total. The van der Waals surface area contributed by atoms with Crippen molar-refractivity contribution in [3.63, 3.8) is 0 Å². The van der Waals surface area contributed by atoms with E-state index in [2.05, 4.69) is 36.2 Å². The van der Waals surface area contributed by atoms with Gasteiger partial charge in [0, 0.05) is 4.47 Å². The highest BCUT2D eigenvalue weighted by atomic mass is 79.9. The molecule has 17 heavy (non-hydrogen) atoms. The smallest absolute Gasteiger partial charge is 0.232 e. The summed E-state index contributed by atoms with van der Waals surface area (Å²) in [6, 6.07) is 4.42. The van der Waals surface area contributed by atoms with Gasteiger partial charge in [0.05, 0.1) is 5.69 Å². The lowest BCUT2D eigenvalue weighted by atomic mass is 10.3. The van der Waals surface area contributed by atoms with Gasteiger partial charge in [-0.15, -0.1) is 0 Å². The largest absolute Gasteiger partial charge is 0.321 e. The van der Waals surface area contributed by atoms with Crippen molar-refractivity contribution in [1.82, 2.24) is 15.0 Å². The highest BCUT2D eigenvalue weighted by Gasteiger charge is 2.07. The van der Waals surface area contributed by atoms with E-state index in [1.807, 2.05) is 0 Å². The molecule has 1 aromatic carbocycles. The molecule has 0 aliphatic heterocycles. The van der Waals surface area contributed by atoms with Crippen molar-refractivity contribution >= 4 is 50.8 Å². The van der Waals surface area contributed by atoms with Crippen molar-refractivity contribution in [3.05, 3.63) is 39.1 Å². The van der Waals surface area contributed by atoms with Crippen LogP contribution < -0.4 is 5.32 Å². The third-order valence-corrected chi connectivity index (χ3v) is 2.59. The summed E-state index contributed by atoms with van der Waals surface area (Å²) in [5.41, 5.74) is 0.206. The van der Waals surface area contributed by atoms with Crippen LogP contribution in [-0.4, -0.2) is 15.0 Å². The van der Waals surface area contributed by atoms with Crippen molar-refractivity contribution in [3.8, 4) is 0 Å². The second-order valence-corrected chi connectivity index (χ2v) is 4.54. The van der Waals surface area contributed by atoms with E-state index in [0.717, 1.165) is 0 Å². The summed E-state index contributed by atoms with van der Waals surface area (Å²) in [6.07, 6.45) is 0. The van der Waals surface area contributed by atoms with E-state index in [0.29, 0.717) is 4.47 Å². The highest BCUT2D eigenvalue weighted by Crippen LogP contribution is 2.23. The van der Waals surface area contributed by atoms with Crippen LogP contribution in [0.3, 0.4) is 0 Å². The summed E-state index contributed by atoms with van der Waals surface area (Å²) in [5.74, 6) is -0.368. The van der Waals surface area contributed by atoms with Crippen molar-refractivity contribution in [2.75, 3.05) is 5.32 Å². The maximum absolute atomic E-state index is 13.4. The first-order valence-corrected chi connectivity index (χ1v) is 5.88. The van der Waals surface area contributed by atoms with Crippen molar-refractivity contribution in [1.29, 1.82) is 0 Å². The predicted octanol–water partition coefficient (Wildman–Crippen LogP) is 3.82. The highest BCUT2D eigenvalue weighted by molar-refractivity contribution is 9.10. The maximum atomic E-state index is 13.4. The van der Waals surface area contributed by atoms with Crippen LogP contribution in [-0.2, 0) is 0 Å². The van der Waals surface area contributed by atoms with Gasteiger partial charge in [-0.3, -0.25) is 0 Å². The van der Waals surface area contributed by atoms with E-state index in [1.54, 1.807) is 12.1 Å². The summed E-state index contributed by atoms with van der Waals surface area (Å²) in [6.45, 7) is 0. The fraction of sp³-hybridized carbons (Fsp3) is 0. The third-order valence-electron chi connectivity index (χ3n) is 1.76. The standard InChI is InChI=1S/C9H4BrCl2FN4/c10-4-1-2-5(13)6(3-4)14-9-16-7(11)15-8(12)17-9/h1-3H,(H,14,15,16,17). The number of nitrogens with zero attached hydrogens (tertiary/aromatic N) is 3. The molecule has 0 atom stereocenters. The zero-order valence-corrected chi connectivity index (χ0v) is 11.2. The first-order valence-electron chi connectivity index (χ1n) is 4.34. The lowest BCUT2D eigenvalue weighted by molar-refractivity contribution is 0.631. The number of aromatic nitrogens is 3. The van der Waals surface area contributed by atoms with Gasteiger partial charge in [-0.2, -0.15) is 15.0 Å². The molecule has 0 amide bonds. The van der Waals surface area contributed by atoms with Gasteiger partial charge in [-0.1, -0.05) is 15.9 Å². The number of hydrogen-bond acceptors (Lipinski definition) is 4. The molecular weight excluding hydrogens is 334 g/mol. The van der Waals surface area contributed by atoms with E-state index in [4.69, 9.17) is 23.2 Å². The normalized spacial score (nSPS) is 10.4. The van der Waals surface area contributed by atoms with Gasteiger partial charge in [0.25, 0.3) is 0 Å². The van der Waals surface area contributed by atoms with Crippen LogP contribution in [0, 0.1) is 5.82 Å². The molecule has 0 saturated heterocycles. The fourth-order valence-corrected chi connectivity index (χ4v) is 1.82. The van der Waals surface area contributed by atoms with Crippen LogP contribution in [0.4, 0.5) is 16.0 Å². The summed E-state index contributed by atoms with van der Waals surface area (Å²) >= 11 is 14.4. The second kappa shape index (κ2) is 5.12. The van der Waals surface area contributed by atoms with Crippen molar-refractivity contribution < 1.29 is 4.39 Å². The molecule has 0 spiro atoms. The first-order chi connectivity index (χ1) is 8.04. The average molecular weight is 338 g/mol. The molecule has 1 aromatic heterocycles. The minimum Gasteiger partial charge on any atom is -0.321 e. The van der Waals surface area contributed by atoms with Gasteiger partial charge in [0.1, 0.15) is 5.82 Å². The van der Waals surface area contributed by atoms with Crippen LogP contribution in [0.1, 0.15) is 0 Å². The second-order valence-electron chi connectivity index (χ2n) is 2.95. The molecule has 0 fully saturated rings. The molecule has 0 radical (unpaired) electrons. The van der Waals surface area contributed by atoms with Gasteiger partial charge in [0.15, 0.2) is 0 Å². The number of nitrogens with one attached hydrogen (secondary N) is 1. The lowest BCUT2D eigenvalue weighted by Crippen LogP contribution is -2.01. The molecule has 8 heteroatoms. The molecule has 0 saturated carbocycles. The molecule has 0 aliphatic carbocycles. The minimum atomic E-state index is -0.444. The van der Waals surface area contributed by atoms with Gasteiger partial charge < -0.3 is 5.32 Å². The van der Waals surface area contributed by atoms with Crippen LogP contribution in [0.5, 0.6) is 0 Å². The zero-order chi connectivity index (χ0) is 12.4. The Morgan fingerprint density at radius 2 is 1.76 bits per heavy atom. The maximum Gasteiger partial charge on any atom is 0.232 e. The van der Waals surface area contributed by atoms with Gasteiger partial charge in [-0.25, -0.2) is 4.39 Å². The molecule has 0 unspecified atom stereocenters. The Bertz CT molecular complexity index is 546. The van der Waals surface area contributed by atoms with E-state index in [1.165, 1.54) is 6.07 Å². The zero-order valence-electron chi connectivity index (χ0n) is 8.09. The van der Waals surface area contributed by atoms with Crippen LogP contribution >= 0.6 is 39.1 Å². The number of benzene rings is 1. The Labute approximate surface area is 114 Å². The first kappa shape index (κ1) is 12.5. The molecule has 1 N–H and O–H groups in total. The van der Waals surface area contributed by atoms with Gasteiger partial charge in [-0.05, 0) is 41.4 Å². The van der Waals surface area contributed by atoms with Crippen molar-refractivity contribution in [2.45, 2.75) is 0 Å². The topological polar surface area (TPSA) is 50.7 Å². The molecule has 2 aromatic rings. The SMILES string of the molecule is Fc1ccc(Br)cc1Nc1nc(Cl)nc(Cl)n1. The van der Waals surface area contributed by atoms with Crippen molar-refractivity contribution in [2.24, 2.45) is 0 Å². The van der Waals surface area contributed by atoms with Crippen LogP contribution in [0.15, 0.2) is 22.7 Å². The molecule has 1 heterocycles. The van der Waals surface area contributed by atoms with Crippen LogP contribution in [0.25, 0.3) is 0 Å². The summed E-state index contributed by atoms with van der Waals surface area (Å²) in [7, 11) is 0. The number of hydrogen-bond donors (Lipinski definition) is 1. The molecule has 2 rings (SSSR count). The van der Waals surface area contributed by atoms with E-state index in [9.17, 15) is 4.39 Å². The Balaban J connectivity index is 2.34. The Hall–Kier alpha value is -0.980. The number of rotatable bonds is 2. The van der Waals surface area contributed by atoms with Crippen LogP contribution in [0.2, 0.25) is 10.6 Å². The average Bonchev–Trinajstić information content (AvgIpc) is 2.22. The van der Waals surface area contributed by atoms with Gasteiger partial charge >= 0.3 is 0 Å². The molecule has 0 bridgehead atoms. The Morgan fingerprint density at radius 3 is 2.41 bits per heavy atom. The molecule has 0 aliphatic rings. The van der Waals surface area contributed by atoms with E-state index >= 15 is 0 Å². The van der Waals surface area contributed by atoms with Gasteiger partial charge in [0.2, 0.25) is 16.5 Å². The summed E-state index contributed by atoms with van der Waals surface area (Å²) in [5, 5.41) is 2.53. The minimum absolute atomic E-state index is 0.0668. The fourth-order valence-electron chi connectivity index (χ4n) is 1.10. The summed E-state index contributed by atoms with van der Waals surface area (Å²) < 4.78 is 14.2.